The van der Waals surface area contributed by atoms with Gasteiger partial charge in [0.25, 0.3) is 0 Å². The van der Waals surface area contributed by atoms with Crippen molar-refractivity contribution >= 4 is 28.9 Å². The monoisotopic (exact) mass is 287 g/mol. The van der Waals surface area contributed by atoms with Gasteiger partial charge in [0.2, 0.25) is 16.4 Å². The third-order valence-electron chi connectivity index (χ3n) is 3.32. The molecule has 4 N–H and O–H groups in total. The number of H-pyrrole nitrogens is 2. The van der Waals surface area contributed by atoms with E-state index in [9.17, 15) is 4.79 Å². The highest BCUT2D eigenvalue weighted by atomic mass is 32.1. The molecule has 0 radical (unpaired) electrons. The van der Waals surface area contributed by atoms with Gasteiger partial charge in [-0.05, 0) is 30.8 Å². The van der Waals surface area contributed by atoms with Crippen LogP contribution in [0.1, 0.15) is 21.9 Å². The van der Waals surface area contributed by atoms with E-state index in [0.29, 0.717) is 0 Å². The number of aromatic nitrogens is 4. The van der Waals surface area contributed by atoms with Gasteiger partial charge in [0, 0.05) is 23.0 Å². The van der Waals surface area contributed by atoms with Gasteiger partial charge in [-0.25, -0.2) is 9.77 Å². The molecule has 6 nitrogen and oxygen atoms in total. The van der Waals surface area contributed by atoms with E-state index < -0.39 is 0 Å². The van der Waals surface area contributed by atoms with Crippen LogP contribution in [0.3, 0.4) is 0 Å². The SMILES string of the molecule is Cc1[nH]c2ccccc2c1CC(=O)c1n[nH]c(=S)n1N. The number of Topliss-reactive ketones (excluding diaryl/α,β-unsaturated/α-hetero) is 1. The van der Waals surface area contributed by atoms with Gasteiger partial charge in [-0.2, -0.15) is 0 Å². The summed E-state index contributed by atoms with van der Waals surface area (Å²) in [5.41, 5.74) is 2.94. The smallest absolute Gasteiger partial charge is 0.217 e. The van der Waals surface area contributed by atoms with Crippen LogP contribution >= 0.6 is 12.2 Å². The molecule has 0 saturated heterocycles. The topological polar surface area (TPSA) is 92.5 Å². The molecule has 2 aromatic heterocycles. The molecule has 20 heavy (non-hydrogen) atoms. The highest BCUT2D eigenvalue weighted by Gasteiger charge is 2.18. The Hall–Kier alpha value is -2.41. The standard InChI is InChI=1S/C13H13N5OS/c1-7-9(8-4-2-3-5-10(8)15-7)6-11(19)12-16-17-13(20)18(12)14/h2-5,15H,6,14H2,1H3,(H,17,20). The fraction of sp³-hybridized carbons (Fsp3) is 0.154. The number of carbonyl (C=O) groups is 1. The Labute approximate surface area is 119 Å². The highest BCUT2D eigenvalue weighted by molar-refractivity contribution is 7.71. The first-order valence-corrected chi connectivity index (χ1v) is 6.50. The quantitative estimate of drug-likeness (QED) is 0.389. The van der Waals surface area contributed by atoms with Gasteiger partial charge >= 0.3 is 0 Å². The van der Waals surface area contributed by atoms with Crippen LogP contribution < -0.4 is 5.84 Å². The molecule has 0 atom stereocenters. The van der Waals surface area contributed by atoms with E-state index in [0.717, 1.165) is 26.8 Å². The maximum Gasteiger partial charge on any atom is 0.217 e. The number of benzene rings is 1. The number of hydrogen-bond acceptors (Lipinski definition) is 4. The Morgan fingerprint density at radius 2 is 2.20 bits per heavy atom. The van der Waals surface area contributed by atoms with E-state index in [2.05, 4.69) is 15.2 Å². The lowest BCUT2D eigenvalue weighted by molar-refractivity contribution is 0.0980. The van der Waals surface area contributed by atoms with Crippen LogP contribution in [0.4, 0.5) is 0 Å². The van der Waals surface area contributed by atoms with E-state index in [4.69, 9.17) is 18.1 Å². The number of fused-ring (bicyclic) bond motifs is 1. The Morgan fingerprint density at radius 1 is 1.45 bits per heavy atom. The van der Waals surface area contributed by atoms with Gasteiger partial charge in [-0.3, -0.25) is 4.79 Å². The van der Waals surface area contributed by atoms with E-state index in [1.54, 1.807) is 0 Å². The molecule has 0 unspecified atom stereocenters. The van der Waals surface area contributed by atoms with Crippen LogP contribution in [-0.2, 0) is 6.42 Å². The zero-order valence-electron chi connectivity index (χ0n) is 10.8. The molecule has 0 aliphatic rings. The summed E-state index contributed by atoms with van der Waals surface area (Å²) in [5, 5.41) is 7.42. The van der Waals surface area contributed by atoms with Crippen LogP contribution in [0.15, 0.2) is 24.3 Å². The first-order valence-electron chi connectivity index (χ1n) is 6.10. The first kappa shape index (κ1) is 12.6. The van der Waals surface area contributed by atoms with Gasteiger partial charge in [-0.15, -0.1) is 5.10 Å². The molecule has 0 saturated carbocycles. The largest absolute Gasteiger partial charge is 0.358 e. The summed E-state index contributed by atoms with van der Waals surface area (Å²) in [6.07, 6.45) is 0.229. The van der Waals surface area contributed by atoms with Crippen molar-refractivity contribution in [1.29, 1.82) is 0 Å². The number of aryl methyl sites for hydroxylation is 1. The lowest BCUT2D eigenvalue weighted by atomic mass is 10.0. The molecule has 3 rings (SSSR count). The minimum atomic E-state index is -0.173. The summed E-state index contributed by atoms with van der Waals surface area (Å²) in [5.74, 6) is 5.64. The van der Waals surface area contributed by atoms with Gasteiger partial charge in [0.05, 0.1) is 0 Å². The van der Waals surface area contributed by atoms with Gasteiger partial charge < -0.3 is 10.8 Å². The van der Waals surface area contributed by atoms with Crippen LogP contribution in [0.25, 0.3) is 10.9 Å². The minimum absolute atomic E-state index is 0.139. The van der Waals surface area contributed by atoms with E-state index in [1.165, 1.54) is 0 Å². The average molecular weight is 287 g/mol. The van der Waals surface area contributed by atoms with E-state index in [-0.39, 0.29) is 22.8 Å². The summed E-state index contributed by atoms with van der Waals surface area (Å²) < 4.78 is 1.32. The molecule has 102 valence electrons. The second-order valence-corrected chi connectivity index (χ2v) is 4.98. The fourth-order valence-electron chi connectivity index (χ4n) is 2.30. The number of ketones is 1. The van der Waals surface area contributed by atoms with Gasteiger partial charge in [-0.1, -0.05) is 18.2 Å². The lowest BCUT2D eigenvalue weighted by Crippen LogP contribution is -2.18. The molecule has 7 heteroatoms. The summed E-state index contributed by atoms with van der Waals surface area (Å²) in [4.78, 5) is 15.6. The van der Waals surface area contributed by atoms with Crippen LogP contribution in [0, 0.1) is 11.7 Å². The zero-order valence-corrected chi connectivity index (χ0v) is 11.6. The van der Waals surface area contributed by atoms with Crippen molar-refractivity contribution in [2.75, 3.05) is 5.84 Å². The van der Waals surface area contributed by atoms with Crippen molar-refractivity contribution < 1.29 is 4.79 Å². The molecular formula is C13H13N5OS. The molecular weight excluding hydrogens is 274 g/mol. The molecule has 2 heterocycles. The molecule has 0 fully saturated rings. The molecule has 0 aliphatic carbocycles. The van der Waals surface area contributed by atoms with E-state index in [1.807, 2.05) is 31.2 Å². The number of nitrogens with one attached hydrogen (secondary N) is 2. The molecule has 0 amide bonds. The van der Waals surface area contributed by atoms with Crippen LogP contribution in [0.2, 0.25) is 0 Å². The summed E-state index contributed by atoms with van der Waals surface area (Å²) in [6, 6.07) is 7.87. The van der Waals surface area contributed by atoms with Crippen LogP contribution in [-0.4, -0.2) is 25.6 Å². The first-order chi connectivity index (χ1) is 9.58. The van der Waals surface area contributed by atoms with Gasteiger partial charge in [0.15, 0.2) is 0 Å². The predicted molar refractivity (Wildman–Crippen MR) is 78.6 cm³/mol. The minimum Gasteiger partial charge on any atom is -0.358 e. The van der Waals surface area contributed by atoms with Crippen molar-refractivity contribution in [1.82, 2.24) is 19.9 Å². The van der Waals surface area contributed by atoms with Gasteiger partial charge in [0.1, 0.15) is 0 Å². The Bertz CT molecular complexity index is 857. The van der Waals surface area contributed by atoms with E-state index >= 15 is 0 Å². The molecule has 3 aromatic rings. The molecule has 0 spiro atoms. The third-order valence-corrected chi connectivity index (χ3v) is 3.61. The Balaban J connectivity index is 2.01. The Kier molecular flexibility index (Phi) is 2.90. The maximum atomic E-state index is 12.3. The molecule has 0 bridgehead atoms. The maximum absolute atomic E-state index is 12.3. The van der Waals surface area contributed by atoms with Crippen molar-refractivity contribution in [2.45, 2.75) is 13.3 Å². The number of nitrogens with two attached hydrogens (primary N) is 1. The van der Waals surface area contributed by atoms with Crippen molar-refractivity contribution in [3.63, 3.8) is 0 Å². The second kappa shape index (κ2) is 4.61. The summed E-state index contributed by atoms with van der Waals surface area (Å²) >= 11 is 4.91. The number of carbonyl (C=O) groups excluding carboxylic acids is 1. The number of para-hydroxylation sites is 1. The Morgan fingerprint density at radius 3 is 2.90 bits per heavy atom. The number of nitrogen functional groups attached to an aromatic ring is 1. The number of nitrogens with zero attached hydrogens (tertiary/aromatic N) is 2. The fourth-order valence-corrected chi connectivity index (χ4v) is 2.44. The van der Waals surface area contributed by atoms with Crippen molar-refractivity contribution in [3.8, 4) is 0 Å². The average Bonchev–Trinajstić information content (AvgIpc) is 2.92. The van der Waals surface area contributed by atoms with Crippen molar-refractivity contribution in [3.05, 3.63) is 46.1 Å². The summed E-state index contributed by atoms with van der Waals surface area (Å²) in [6.45, 7) is 1.95. The number of aromatic amines is 2. The molecule has 0 aliphatic heterocycles. The predicted octanol–water partition coefficient (Wildman–Crippen LogP) is 1.87. The third kappa shape index (κ3) is 1.92. The molecule has 1 aromatic carbocycles. The number of rotatable bonds is 3. The highest BCUT2D eigenvalue weighted by Crippen LogP contribution is 2.23. The van der Waals surface area contributed by atoms with Crippen LogP contribution in [0.5, 0.6) is 0 Å². The van der Waals surface area contributed by atoms with Crippen molar-refractivity contribution in [2.24, 2.45) is 0 Å². The number of hydrogen-bond donors (Lipinski definition) is 3. The second-order valence-electron chi connectivity index (χ2n) is 4.60. The summed E-state index contributed by atoms with van der Waals surface area (Å²) in [7, 11) is 0. The zero-order chi connectivity index (χ0) is 14.3. The lowest BCUT2D eigenvalue weighted by Gasteiger charge is -2.01. The normalized spacial score (nSPS) is 11.1.